The van der Waals surface area contributed by atoms with Crippen molar-refractivity contribution in [1.82, 2.24) is 5.32 Å². The predicted molar refractivity (Wildman–Crippen MR) is 85.3 cm³/mol. The van der Waals surface area contributed by atoms with E-state index < -0.39 is 18.5 Å². The molecule has 0 saturated heterocycles. The Hall–Kier alpha value is -2.90. The van der Waals surface area contributed by atoms with Crippen molar-refractivity contribution in [3.05, 3.63) is 29.8 Å². The molecule has 24 heavy (non-hydrogen) atoms. The Morgan fingerprint density at radius 2 is 1.92 bits per heavy atom. The van der Waals surface area contributed by atoms with Crippen LogP contribution < -0.4 is 10.6 Å². The van der Waals surface area contributed by atoms with Gasteiger partial charge in [-0.3, -0.25) is 14.4 Å². The molecule has 8 heteroatoms. The van der Waals surface area contributed by atoms with Crippen LogP contribution >= 0.6 is 0 Å². The van der Waals surface area contributed by atoms with Gasteiger partial charge in [0.05, 0.1) is 12.7 Å². The van der Waals surface area contributed by atoms with E-state index in [4.69, 9.17) is 4.74 Å². The fraction of sp³-hybridized carbons (Fsp3) is 0.375. The van der Waals surface area contributed by atoms with Crippen LogP contribution in [-0.2, 0) is 23.9 Å². The summed E-state index contributed by atoms with van der Waals surface area (Å²) in [4.78, 5) is 45.3. The molecular weight excluding hydrogens is 316 g/mol. The van der Waals surface area contributed by atoms with E-state index in [2.05, 4.69) is 15.4 Å². The Labute approximate surface area is 139 Å². The first-order valence-electron chi connectivity index (χ1n) is 7.30. The highest BCUT2D eigenvalue weighted by Gasteiger charge is 2.11. The molecular formula is C16H20N2O6. The Bertz CT molecular complexity index is 614. The van der Waals surface area contributed by atoms with E-state index >= 15 is 0 Å². The molecule has 2 N–H and O–H groups in total. The number of methoxy groups -OCH3 is 1. The number of anilines is 1. The van der Waals surface area contributed by atoms with Gasteiger partial charge < -0.3 is 20.1 Å². The van der Waals surface area contributed by atoms with Crippen molar-refractivity contribution in [3.63, 3.8) is 0 Å². The molecule has 0 saturated carbocycles. The number of carbonyl (C=O) groups is 4. The van der Waals surface area contributed by atoms with Crippen LogP contribution in [0.1, 0.15) is 30.1 Å². The molecule has 0 atom stereocenters. The molecule has 1 aromatic carbocycles. The zero-order chi connectivity index (χ0) is 17.9. The van der Waals surface area contributed by atoms with Crippen LogP contribution in [0.25, 0.3) is 0 Å². The zero-order valence-corrected chi connectivity index (χ0v) is 13.6. The number of hydrogen-bond acceptors (Lipinski definition) is 6. The van der Waals surface area contributed by atoms with Gasteiger partial charge in [0.2, 0.25) is 5.91 Å². The van der Waals surface area contributed by atoms with Crippen LogP contribution in [0.15, 0.2) is 24.3 Å². The van der Waals surface area contributed by atoms with Gasteiger partial charge in [-0.2, -0.15) is 0 Å². The quantitative estimate of drug-likeness (QED) is 0.538. The van der Waals surface area contributed by atoms with Crippen molar-refractivity contribution >= 4 is 29.4 Å². The summed E-state index contributed by atoms with van der Waals surface area (Å²) in [5.41, 5.74) is 0.684. The molecule has 0 fully saturated rings. The lowest BCUT2D eigenvalue weighted by Crippen LogP contribution is -2.30. The fourth-order valence-corrected chi connectivity index (χ4v) is 1.76. The number of benzene rings is 1. The highest BCUT2D eigenvalue weighted by atomic mass is 16.5. The molecule has 0 aromatic heterocycles. The SMILES string of the molecule is COC(=O)CCCNC(=O)COC(=O)c1cccc(NC(C)=O)c1. The van der Waals surface area contributed by atoms with Crippen molar-refractivity contribution in [1.29, 1.82) is 0 Å². The van der Waals surface area contributed by atoms with Gasteiger partial charge in [0.25, 0.3) is 5.91 Å². The molecule has 8 nitrogen and oxygen atoms in total. The summed E-state index contributed by atoms with van der Waals surface area (Å²) in [5.74, 6) is -1.75. The van der Waals surface area contributed by atoms with Crippen molar-refractivity contribution in [2.75, 3.05) is 25.6 Å². The van der Waals surface area contributed by atoms with E-state index in [0.29, 0.717) is 12.1 Å². The normalized spacial score (nSPS) is 9.75. The van der Waals surface area contributed by atoms with Gasteiger partial charge in [-0.1, -0.05) is 6.07 Å². The molecule has 1 aromatic rings. The molecule has 0 unspecified atom stereocenters. The number of rotatable bonds is 8. The topological polar surface area (TPSA) is 111 Å². The summed E-state index contributed by atoms with van der Waals surface area (Å²) >= 11 is 0. The smallest absolute Gasteiger partial charge is 0.338 e. The third kappa shape index (κ3) is 7.39. The third-order valence-electron chi connectivity index (χ3n) is 2.86. The first kappa shape index (κ1) is 19.1. The highest BCUT2D eigenvalue weighted by molar-refractivity contribution is 5.94. The number of carbonyl (C=O) groups excluding carboxylic acids is 4. The Morgan fingerprint density at radius 1 is 1.17 bits per heavy atom. The van der Waals surface area contributed by atoms with Crippen molar-refractivity contribution in [2.24, 2.45) is 0 Å². The minimum atomic E-state index is -0.674. The number of amides is 2. The van der Waals surface area contributed by atoms with Crippen molar-refractivity contribution < 1.29 is 28.7 Å². The second kappa shape index (κ2) is 9.98. The fourth-order valence-electron chi connectivity index (χ4n) is 1.76. The molecule has 0 bridgehead atoms. The largest absolute Gasteiger partial charge is 0.469 e. The lowest BCUT2D eigenvalue weighted by atomic mass is 10.2. The second-order valence-corrected chi connectivity index (χ2v) is 4.87. The molecule has 0 aliphatic heterocycles. The minimum absolute atomic E-state index is 0.201. The summed E-state index contributed by atoms with van der Waals surface area (Å²) in [6, 6.07) is 6.20. The summed E-state index contributed by atoms with van der Waals surface area (Å²) in [6.07, 6.45) is 0.637. The van der Waals surface area contributed by atoms with Gasteiger partial charge in [-0.25, -0.2) is 4.79 Å². The average molecular weight is 336 g/mol. The molecule has 0 heterocycles. The van der Waals surface area contributed by atoms with Gasteiger partial charge in [-0.15, -0.1) is 0 Å². The lowest BCUT2D eigenvalue weighted by molar-refractivity contribution is -0.140. The van der Waals surface area contributed by atoms with Crippen LogP contribution in [0.3, 0.4) is 0 Å². The third-order valence-corrected chi connectivity index (χ3v) is 2.86. The highest BCUT2D eigenvalue weighted by Crippen LogP contribution is 2.11. The molecule has 0 spiro atoms. The monoisotopic (exact) mass is 336 g/mol. The van der Waals surface area contributed by atoms with Crippen LogP contribution in [0, 0.1) is 0 Å². The van der Waals surface area contributed by atoms with E-state index in [1.807, 2.05) is 0 Å². The van der Waals surface area contributed by atoms with Crippen LogP contribution in [0.4, 0.5) is 5.69 Å². The first-order valence-corrected chi connectivity index (χ1v) is 7.30. The summed E-state index contributed by atoms with van der Waals surface area (Å²) in [7, 11) is 1.29. The van der Waals surface area contributed by atoms with E-state index in [-0.39, 0.29) is 30.4 Å². The zero-order valence-electron chi connectivity index (χ0n) is 13.6. The Morgan fingerprint density at radius 3 is 2.58 bits per heavy atom. The van der Waals surface area contributed by atoms with E-state index in [9.17, 15) is 19.2 Å². The van der Waals surface area contributed by atoms with E-state index in [0.717, 1.165) is 0 Å². The van der Waals surface area contributed by atoms with Crippen LogP contribution in [0.2, 0.25) is 0 Å². The molecule has 0 radical (unpaired) electrons. The summed E-state index contributed by atoms with van der Waals surface area (Å²) < 4.78 is 9.37. The molecule has 1 rings (SSSR count). The minimum Gasteiger partial charge on any atom is -0.469 e. The molecule has 0 aliphatic carbocycles. The van der Waals surface area contributed by atoms with Gasteiger partial charge in [0.1, 0.15) is 0 Å². The molecule has 130 valence electrons. The maximum Gasteiger partial charge on any atom is 0.338 e. The summed E-state index contributed by atoms with van der Waals surface area (Å²) in [6.45, 7) is 1.21. The molecule has 0 aliphatic rings. The van der Waals surface area contributed by atoms with Crippen LogP contribution in [0.5, 0.6) is 0 Å². The van der Waals surface area contributed by atoms with Gasteiger partial charge in [0.15, 0.2) is 6.61 Å². The standard InChI is InChI=1S/C16H20N2O6/c1-11(19)18-13-6-3-5-12(9-13)16(22)24-10-14(20)17-8-4-7-15(21)23-2/h3,5-6,9H,4,7-8,10H2,1-2H3,(H,17,20)(H,18,19). The van der Waals surface area contributed by atoms with E-state index in [1.54, 1.807) is 12.1 Å². The Kier molecular flexibility index (Phi) is 7.97. The number of ether oxygens (including phenoxy) is 2. The van der Waals surface area contributed by atoms with Crippen molar-refractivity contribution in [2.45, 2.75) is 19.8 Å². The maximum absolute atomic E-state index is 11.9. The maximum atomic E-state index is 11.9. The Balaban J connectivity index is 2.36. The van der Waals surface area contributed by atoms with Gasteiger partial charge in [-0.05, 0) is 24.6 Å². The number of esters is 2. The molecule has 2 amide bonds. The first-order chi connectivity index (χ1) is 11.4. The predicted octanol–water partition coefficient (Wildman–Crippen LogP) is 0.871. The number of hydrogen-bond donors (Lipinski definition) is 2. The van der Waals surface area contributed by atoms with Gasteiger partial charge >= 0.3 is 11.9 Å². The number of nitrogens with one attached hydrogen (secondary N) is 2. The average Bonchev–Trinajstić information content (AvgIpc) is 2.55. The van der Waals surface area contributed by atoms with Crippen LogP contribution in [-0.4, -0.2) is 44.0 Å². The van der Waals surface area contributed by atoms with E-state index in [1.165, 1.54) is 26.2 Å². The summed E-state index contributed by atoms with van der Waals surface area (Å²) in [5, 5.41) is 5.07. The second-order valence-electron chi connectivity index (χ2n) is 4.87. The lowest BCUT2D eigenvalue weighted by Gasteiger charge is -2.07. The van der Waals surface area contributed by atoms with Crippen molar-refractivity contribution in [3.8, 4) is 0 Å². The van der Waals surface area contributed by atoms with Gasteiger partial charge in [0, 0.05) is 25.6 Å².